The molecule has 16 heavy (non-hydrogen) atoms. The zero-order valence-electron chi connectivity index (χ0n) is 9.48. The summed E-state index contributed by atoms with van der Waals surface area (Å²) in [5, 5.41) is 12.0. The Morgan fingerprint density at radius 3 is 2.44 bits per heavy atom. The molecule has 0 bridgehead atoms. The summed E-state index contributed by atoms with van der Waals surface area (Å²) >= 11 is 0. The van der Waals surface area contributed by atoms with Crippen LogP contribution in [-0.2, 0) is 9.59 Å². The molecule has 2 N–H and O–H groups in total. The average molecular weight is 226 g/mol. The zero-order valence-corrected chi connectivity index (χ0v) is 9.48. The minimum absolute atomic E-state index is 0.0584. The highest BCUT2D eigenvalue weighted by molar-refractivity contribution is 5.80. The molecule has 90 valence electrons. The number of rotatable bonds is 6. The molecule has 2 rings (SSSR count). The van der Waals surface area contributed by atoms with E-state index < -0.39 is 12.0 Å². The molecule has 0 radical (unpaired) electrons. The number of nitrogens with one attached hydrogen (secondary N) is 1. The van der Waals surface area contributed by atoms with Gasteiger partial charge >= 0.3 is 5.97 Å². The molecule has 0 saturated heterocycles. The van der Waals surface area contributed by atoms with Gasteiger partial charge in [0.05, 0.1) is 6.54 Å². The van der Waals surface area contributed by atoms with Crippen LogP contribution in [0.3, 0.4) is 0 Å². The van der Waals surface area contributed by atoms with Gasteiger partial charge in [-0.15, -0.1) is 0 Å². The van der Waals surface area contributed by atoms with E-state index in [0.29, 0.717) is 6.04 Å². The summed E-state index contributed by atoms with van der Waals surface area (Å²) in [5.74, 6) is -0.641. The zero-order chi connectivity index (χ0) is 11.7. The molecule has 5 heteroatoms. The second kappa shape index (κ2) is 4.41. The first-order valence-corrected chi connectivity index (χ1v) is 5.80. The number of hydrogen-bond acceptors (Lipinski definition) is 3. The molecule has 1 unspecified atom stereocenters. The normalized spacial score (nSPS) is 21.9. The van der Waals surface area contributed by atoms with E-state index >= 15 is 0 Å². The fraction of sp³-hybridized carbons (Fsp3) is 0.818. The Balaban J connectivity index is 1.81. The van der Waals surface area contributed by atoms with Crippen LogP contribution >= 0.6 is 0 Å². The number of aliphatic carboxylic acids is 1. The van der Waals surface area contributed by atoms with E-state index in [-0.39, 0.29) is 18.4 Å². The topological polar surface area (TPSA) is 69.6 Å². The molecule has 2 saturated carbocycles. The van der Waals surface area contributed by atoms with Crippen molar-refractivity contribution in [3.05, 3.63) is 0 Å². The maximum absolute atomic E-state index is 11.5. The van der Waals surface area contributed by atoms with Crippen LogP contribution in [0.25, 0.3) is 0 Å². The van der Waals surface area contributed by atoms with Gasteiger partial charge in [0.1, 0.15) is 6.04 Å². The predicted molar refractivity (Wildman–Crippen MR) is 57.9 cm³/mol. The number of likely N-dealkylation sites (N-methyl/N-ethyl adjacent to an activating group) is 1. The van der Waals surface area contributed by atoms with Crippen LogP contribution in [0.1, 0.15) is 25.7 Å². The van der Waals surface area contributed by atoms with Gasteiger partial charge in [-0.25, -0.2) is 0 Å². The molecule has 0 aromatic rings. The van der Waals surface area contributed by atoms with Crippen LogP contribution in [0.15, 0.2) is 0 Å². The molecule has 0 heterocycles. The first-order chi connectivity index (χ1) is 7.58. The summed E-state index contributed by atoms with van der Waals surface area (Å²) in [4.78, 5) is 24.2. The minimum atomic E-state index is -0.816. The number of nitrogens with zero attached hydrogens (tertiary/aromatic N) is 1. The average Bonchev–Trinajstić information content (AvgIpc) is 2.95. The lowest BCUT2D eigenvalue weighted by atomic mass is 10.1. The third-order valence-electron chi connectivity index (χ3n) is 3.13. The van der Waals surface area contributed by atoms with Gasteiger partial charge in [-0.2, -0.15) is 0 Å². The summed E-state index contributed by atoms with van der Waals surface area (Å²) in [7, 11) is 1.71. The molecular formula is C11H18N2O3. The van der Waals surface area contributed by atoms with Crippen molar-refractivity contribution in [1.29, 1.82) is 0 Å². The van der Waals surface area contributed by atoms with Crippen LogP contribution in [0, 0.1) is 5.92 Å². The molecule has 1 atom stereocenters. The smallest absolute Gasteiger partial charge is 0.321 e. The Morgan fingerprint density at radius 2 is 2.00 bits per heavy atom. The van der Waals surface area contributed by atoms with Gasteiger partial charge in [-0.1, -0.05) is 0 Å². The largest absolute Gasteiger partial charge is 0.480 e. The van der Waals surface area contributed by atoms with Crippen molar-refractivity contribution in [3.8, 4) is 0 Å². The van der Waals surface area contributed by atoms with Gasteiger partial charge in [0.15, 0.2) is 0 Å². The third kappa shape index (κ3) is 2.95. The maximum atomic E-state index is 11.5. The number of hydrogen-bond donors (Lipinski definition) is 2. The van der Waals surface area contributed by atoms with Crippen molar-refractivity contribution in [3.63, 3.8) is 0 Å². The van der Waals surface area contributed by atoms with Crippen molar-refractivity contribution >= 4 is 11.9 Å². The molecule has 5 nitrogen and oxygen atoms in total. The van der Waals surface area contributed by atoms with Crippen molar-refractivity contribution in [1.82, 2.24) is 10.2 Å². The SMILES string of the molecule is CN(CC(=O)NC1CC1)C(C(=O)O)C1CC1. The van der Waals surface area contributed by atoms with Crippen LogP contribution in [-0.4, -0.2) is 47.6 Å². The highest BCUT2D eigenvalue weighted by Crippen LogP contribution is 2.35. The fourth-order valence-corrected chi connectivity index (χ4v) is 1.99. The van der Waals surface area contributed by atoms with Crippen molar-refractivity contribution in [2.45, 2.75) is 37.8 Å². The maximum Gasteiger partial charge on any atom is 0.321 e. The fourth-order valence-electron chi connectivity index (χ4n) is 1.99. The number of carboxylic acids is 1. The molecule has 0 aromatic carbocycles. The Morgan fingerprint density at radius 1 is 1.38 bits per heavy atom. The van der Waals surface area contributed by atoms with Crippen molar-refractivity contribution < 1.29 is 14.7 Å². The van der Waals surface area contributed by atoms with Gasteiger partial charge in [0.25, 0.3) is 0 Å². The van der Waals surface area contributed by atoms with Crippen LogP contribution in [0.5, 0.6) is 0 Å². The predicted octanol–water partition coefficient (Wildman–Crippen LogP) is 0.0600. The van der Waals surface area contributed by atoms with Gasteiger partial charge in [0.2, 0.25) is 5.91 Å². The monoisotopic (exact) mass is 226 g/mol. The number of carbonyl (C=O) groups is 2. The number of amides is 1. The molecule has 2 aliphatic rings. The molecule has 1 amide bonds. The van der Waals surface area contributed by atoms with E-state index in [1.165, 1.54) is 0 Å². The molecular weight excluding hydrogens is 208 g/mol. The van der Waals surface area contributed by atoms with E-state index in [1.54, 1.807) is 11.9 Å². The molecule has 0 aliphatic heterocycles. The molecule has 0 spiro atoms. The summed E-state index contributed by atoms with van der Waals surface area (Å²) < 4.78 is 0. The van der Waals surface area contributed by atoms with Gasteiger partial charge in [0, 0.05) is 6.04 Å². The van der Waals surface area contributed by atoms with Gasteiger partial charge < -0.3 is 10.4 Å². The van der Waals surface area contributed by atoms with E-state index in [1.807, 2.05) is 0 Å². The lowest BCUT2D eigenvalue weighted by Gasteiger charge is -2.23. The quantitative estimate of drug-likeness (QED) is 0.672. The summed E-state index contributed by atoms with van der Waals surface area (Å²) in [5.41, 5.74) is 0. The first kappa shape index (κ1) is 11.4. The second-order valence-corrected chi connectivity index (χ2v) is 4.88. The second-order valence-electron chi connectivity index (χ2n) is 4.88. The van der Waals surface area contributed by atoms with Gasteiger partial charge in [-0.3, -0.25) is 14.5 Å². The standard InChI is InChI=1S/C11H18N2O3/c1-13(6-9(14)12-8-4-5-8)10(11(15)16)7-2-3-7/h7-8,10H,2-6H2,1H3,(H,12,14)(H,15,16). The highest BCUT2D eigenvalue weighted by atomic mass is 16.4. The Hall–Kier alpha value is -1.10. The van der Waals surface area contributed by atoms with E-state index in [9.17, 15) is 9.59 Å². The Bertz CT molecular complexity index is 298. The summed E-state index contributed by atoms with van der Waals surface area (Å²) in [6.45, 7) is 0.184. The first-order valence-electron chi connectivity index (χ1n) is 5.80. The van der Waals surface area contributed by atoms with Crippen molar-refractivity contribution in [2.75, 3.05) is 13.6 Å². The Labute approximate surface area is 94.8 Å². The molecule has 2 fully saturated rings. The lowest BCUT2D eigenvalue weighted by Crippen LogP contribution is -2.45. The van der Waals surface area contributed by atoms with Crippen LogP contribution in [0.4, 0.5) is 0 Å². The van der Waals surface area contributed by atoms with Crippen LogP contribution in [0.2, 0.25) is 0 Å². The van der Waals surface area contributed by atoms with Crippen LogP contribution < -0.4 is 5.32 Å². The third-order valence-corrected chi connectivity index (χ3v) is 3.13. The number of carbonyl (C=O) groups excluding carboxylic acids is 1. The molecule has 2 aliphatic carbocycles. The number of carboxylic acid groups (broad SMARTS) is 1. The summed E-state index contributed by atoms with van der Waals surface area (Å²) in [6, 6.07) is -0.157. The van der Waals surface area contributed by atoms with Crippen molar-refractivity contribution in [2.24, 2.45) is 5.92 Å². The lowest BCUT2D eigenvalue weighted by molar-refractivity contribution is -0.144. The minimum Gasteiger partial charge on any atom is -0.480 e. The highest BCUT2D eigenvalue weighted by Gasteiger charge is 2.39. The van der Waals surface area contributed by atoms with E-state index in [4.69, 9.17) is 5.11 Å². The van der Waals surface area contributed by atoms with E-state index in [2.05, 4.69) is 5.32 Å². The summed E-state index contributed by atoms with van der Waals surface area (Å²) in [6.07, 6.45) is 4.04. The van der Waals surface area contributed by atoms with Gasteiger partial charge in [-0.05, 0) is 38.6 Å². The van der Waals surface area contributed by atoms with E-state index in [0.717, 1.165) is 25.7 Å². The molecule has 0 aromatic heterocycles. The Kier molecular flexibility index (Phi) is 3.14.